The minimum absolute atomic E-state index is 0.112. The van der Waals surface area contributed by atoms with Gasteiger partial charge in [-0.05, 0) is 38.3 Å². The van der Waals surface area contributed by atoms with Crippen LogP contribution in [0.1, 0.15) is 40.8 Å². The molecule has 0 spiro atoms. The predicted molar refractivity (Wildman–Crippen MR) is 77.6 cm³/mol. The molecule has 0 saturated carbocycles. The van der Waals surface area contributed by atoms with Crippen LogP contribution in [-0.2, 0) is 12.8 Å². The molecule has 0 aromatic carbocycles. The van der Waals surface area contributed by atoms with Gasteiger partial charge < -0.3 is 5.32 Å². The Hall–Kier alpha value is -2.17. The van der Waals surface area contributed by atoms with E-state index in [1.165, 1.54) is 0 Å². The molecule has 0 atom stereocenters. The summed E-state index contributed by atoms with van der Waals surface area (Å²) >= 11 is 0. The third-order valence-electron chi connectivity index (χ3n) is 3.30. The molecule has 2 heterocycles. The van der Waals surface area contributed by atoms with Gasteiger partial charge in [0, 0.05) is 29.7 Å². The number of amides is 1. The molecule has 1 amide bonds. The first-order chi connectivity index (χ1) is 9.72. The number of nitrogens with zero attached hydrogens (tertiary/aromatic N) is 2. The van der Waals surface area contributed by atoms with Gasteiger partial charge in [-0.25, -0.2) is 0 Å². The van der Waals surface area contributed by atoms with Gasteiger partial charge in [0.05, 0.1) is 0 Å². The average molecular weight is 272 g/mol. The molecule has 0 unspecified atom stereocenters. The van der Waals surface area contributed by atoms with Gasteiger partial charge in [-0.2, -0.15) is 5.10 Å². The van der Waals surface area contributed by atoms with Crippen molar-refractivity contribution in [1.29, 1.82) is 0 Å². The van der Waals surface area contributed by atoms with Crippen LogP contribution in [0, 0.1) is 6.92 Å². The number of aromatic nitrogens is 3. The van der Waals surface area contributed by atoms with Gasteiger partial charge in [0.1, 0.15) is 0 Å². The maximum Gasteiger partial charge on any atom is 0.272 e. The van der Waals surface area contributed by atoms with Crippen LogP contribution in [0.3, 0.4) is 0 Å². The van der Waals surface area contributed by atoms with Crippen LogP contribution < -0.4 is 5.32 Å². The zero-order valence-electron chi connectivity index (χ0n) is 11.9. The summed E-state index contributed by atoms with van der Waals surface area (Å²) in [6.45, 7) is 4.59. The van der Waals surface area contributed by atoms with E-state index in [4.69, 9.17) is 0 Å². The topological polar surface area (TPSA) is 70.7 Å². The van der Waals surface area contributed by atoms with Crippen LogP contribution in [0.15, 0.2) is 24.4 Å². The first kappa shape index (κ1) is 14.2. The largest absolute Gasteiger partial charge is 0.351 e. The monoisotopic (exact) mass is 272 g/mol. The van der Waals surface area contributed by atoms with Gasteiger partial charge in [0.2, 0.25) is 0 Å². The number of nitrogens with one attached hydrogen (secondary N) is 2. The number of H-pyrrole nitrogens is 1. The molecule has 5 nitrogen and oxygen atoms in total. The SMILES string of the molecule is CCc1[nH]nc(C(=O)NCCCc2ccccn2)c1C. The molecule has 5 heteroatoms. The summed E-state index contributed by atoms with van der Waals surface area (Å²) in [6.07, 6.45) is 4.37. The van der Waals surface area contributed by atoms with Crippen molar-refractivity contribution in [3.8, 4) is 0 Å². The van der Waals surface area contributed by atoms with E-state index in [9.17, 15) is 4.79 Å². The highest BCUT2D eigenvalue weighted by Crippen LogP contribution is 2.10. The Morgan fingerprint density at radius 1 is 1.40 bits per heavy atom. The van der Waals surface area contributed by atoms with Gasteiger partial charge in [-0.15, -0.1) is 0 Å². The summed E-state index contributed by atoms with van der Waals surface area (Å²) in [6, 6.07) is 5.87. The van der Waals surface area contributed by atoms with E-state index in [-0.39, 0.29) is 5.91 Å². The highest BCUT2D eigenvalue weighted by atomic mass is 16.1. The highest BCUT2D eigenvalue weighted by Gasteiger charge is 2.14. The fourth-order valence-electron chi connectivity index (χ4n) is 2.10. The number of aromatic amines is 1. The van der Waals surface area contributed by atoms with E-state index < -0.39 is 0 Å². The molecule has 0 aliphatic heterocycles. The molecule has 0 fully saturated rings. The Kier molecular flexibility index (Phi) is 4.87. The lowest BCUT2D eigenvalue weighted by Gasteiger charge is -2.04. The van der Waals surface area contributed by atoms with Gasteiger partial charge in [-0.3, -0.25) is 14.9 Å². The second-order valence-electron chi connectivity index (χ2n) is 4.71. The van der Waals surface area contributed by atoms with E-state index in [2.05, 4.69) is 20.5 Å². The predicted octanol–water partition coefficient (Wildman–Crippen LogP) is 2.04. The Morgan fingerprint density at radius 2 is 2.25 bits per heavy atom. The molecule has 0 aliphatic rings. The van der Waals surface area contributed by atoms with E-state index in [1.807, 2.05) is 32.0 Å². The van der Waals surface area contributed by atoms with E-state index in [1.54, 1.807) is 6.20 Å². The number of carbonyl (C=O) groups is 1. The number of hydrogen-bond acceptors (Lipinski definition) is 3. The molecule has 106 valence electrons. The van der Waals surface area contributed by atoms with E-state index in [0.29, 0.717) is 12.2 Å². The van der Waals surface area contributed by atoms with Crippen LogP contribution in [-0.4, -0.2) is 27.6 Å². The standard InChI is InChI=1S/C15H20N4O/c1-3-13-11(2)14(19-18-13)15(20)17-10-6-8-12-7-4-5-9-16-12/h4-5,7,9H,3,6,8,10H2,1-2H3,(H,17,20)(H,18,19). The average Bonchev–Trinajstić information content (AvgIpc) is 2.85. The number of carbonyl (C=O) groups excluding carboxylic acids is 1. The van der Waals surface area contributed by atoms with Crippen LogP contribution in [0.25, 0.3) is 0 Å². The zero-order chi connectivity index (χ0) is 14.4. The molecular weight excluding hydrogens is 252 g/mol. The van der Waals surface area contributed by atoms with Crippen LogP contribution >= 0.6 is 0 Å². The smallest absolute Gasteiger partial charge is 0.272 e. The summed E-state index contributed by atoms with van der Waals surface area (Å²) in [5, 5.41) is 9.87. The lowest BCUT2D eigenvalue weighted by Crippen LogP contribution is -2.25. The quantitative estimate of drug-likeness (QED) is 0.790. The van der Waals surface area contributed by atoms with Crippen molar-refractivity contribution in [1.82, 2.24) is 20.5 Å². The fraction of sp³-hybridized carbons (Fsp3) is 0.400. The summed E-state index contributed by atoms with van der Waals surface area (Å²) in [7, 11) is 0. The van der Waals surface area contributed by atoms with Gasteiger partial charge in [0.25, 0.3) is 5.91 Å². The van der Waals surface area contributed by atoms with Crippen LogP contribution in [0.5, 0.6) is 0 Å². The first-order valence-electron chi connectivity index (χ1n) is 6.94. The Bertz CT molecular complexity index is 563. The van der Waals surface area contributed by atoms with Crippen molar-refractivity contribution >= 4 is 5.91 Å². The number of pyridine rings is 1. The molecular formula is C15H20N4O. The number of hydrogen-bond donors (Lipinski definition) is 2. The van der Waals surface area contributed by atoms with E-state index >= 15 is 0 Å². The number of rotatable bonds is 6. The molecule has 2 aromatic rings. The third kappa shape index (κ3) is 3.44. The van der Waals surface area contributed by atoms with Crippen LogP contribution in [0.2, 0.25) is 0 Å². The minimum Gasteiger partial charge on any atom is -0.351 e. The molecule has 2 aromatic heterocycles. The molecule has 0 aliphatic carbocycles. The zero-order valence-corrected chi connectivity index (χ0v) is 11.9. The first-order valence-corrected chi connectivity index (χ1v) is 6.94. The Labute approximate surface area is 118 Å². The Balaban J connectivity index is 1.79. The highest BCUT2D eigenvalue weighted by molar-refractivity contribution is 5.93. The van der Waals surface area contributed by atoms with Crippen molar-refractivity contribution in [3.05, 3.63) is 47.0 Å². The van der Waals surface area contributed by atoms with Crippen molar-refractivity contribution in [2.24, 2.45) is 0 Å². The fourth-order valence-corrected chi connectivity index (χ4v) is 2.10. The van der Waals surface area contributed by atoms with Crippen LogP contribution in [0.4, 0.5) is 0 Å². The van der Waals surface area contributed by atoms with Crippen molar-refractivity contribution in [2.75, 3.05) is 6.54 Å². The van der Waals surface area contributed by atoms with Crippen molar-refractivity contribution in [2.45, 2.75) is 33.1 Å². The lowest BCUT2D eigenvalue weighted by molar-refractivity contribution is 0.0947. The number of aryl methyl sites for hydroxylation is 2. The third-order valence-corrected chi connectivity index (χ3v) is 3.30. The molecule has 20 heavy (non-hydrogen) atoms. The second-order valence-corrected chi connectivity index (χ2v) is 4.71. The van der Waals surface area contributed by atoms with Crippen molar-refractivity contribution in [3.63, 3.8) is 0 Å². The minimum atomic E-state index is -0.112. The maximum atomic E-state index is 12.0. The van der Waals surface area contributed by atoms with E-state index in [0.717, 1.165) is 36.2 Å². The lowest BCUT2D eigenvalue weighted by atomic mass is 10.1. The summed E-state index contributed by atoms with van der Waals surface area (Å²) in [4.78, 5) is 16.2. The van der Waals surface area contributed by atoms with Gasteiger partial charge in [-0.1, -0.05) is 13.0 Å². The normalized spacial score (nSPS) is 10.5. The van der Waals surface area contributed by atoms with Gasteiger partial charge >= 0.3 is 0 Å². The van der Waals surface area contributed by atoms with Gasteiger partial charge in [0.15, 0.2) is 5.69 Å². The summed E-state index contributed by atoms with van der Waals surface area (Å²) < 4.78 is 0. The molecule has 2 rings (SSSR count). The maximum absolute atomic E-state index is 12.0. The Morgan fingerprint density at radius 3 is 2.90 bits per heavy atom. The molecule has 0 radical (unpaired) electrons. The van der Waals surface area contributed by atoms with Crippen molar-refractivity contribution < 1.29 is 4.79 Å². The second kappa shape index (κ2) is 6.84. The summed E-state index contributed by atoms with van der Waals surface area (Å²) in [5.74, 6) is -0.112. The molecule has 0 bridgehead atoms. The molecule has 0 saturated heterocycles. The summed E-state index contributed by atoms with van der Waals surface area (Å²) in [5.41, 5.74) is 3.50. The molecule has 2 N–H and O–H groups in total.